The van der Waals surface area contributed by atoms with E-state index < -0.39 is 11.7 Å². The van der Waals surface area contributed by atoms with Gasteiger partial charge in [0, 0.05) is 31.8 Å². The van der Waals surface area contributed by atoms with E-state index >= 15 is 0 Å². The number of benzene rings is 1. The van der Waals surface area contributed by atoms with Gasteiger partial charge >= 0.3 is 0 Å². The van der Waals surface area contributed by atoms with Crippen molar-refractivity contribution in [3.8, 4) is 0 Å². The van der Waals surface area contributed by atoms with Gasteiger partial charge in [0.2, 0.25) is 0 Å². The van der Waals surface area contributed by atoms with Crippen molar-refractivity contribution in [3.05, 3.63) is 59.8 Å². The number of carbonyl (C=O) groups is 2. The van der Waals surface area contributed by atoms with Crippen molar-refractivity contribution in [1.82, 2.24) is 9.80 Å². The zero-order valence-corrected chi connectivity index (χ0v) is 17.7. The average molecular weight is 429 g/mol. The fraction of sp³-hybridized carbons (Fsp3) is 0.500. The van der Waals surface area contributed by atoms with E-state index in [4.69, 9.17) is 9.15 Å². The second-order valence-corrected chi connectivity index (χ2v) is 8.46. The summed E-state index contributed by atoms with van der Waals surface area (Å²) >= 11 is 0. The van der Waals surface area contributed by atoms with Crippen LogP contribution in [-0.2, 0) is 16.1 Å². The number of rotatable bonds is 8. The number of piperidine rings is 1. The number of Topliss-reactive ketones (excluding diaryl/α,β-unsaturated/α-hetero) is 1. The Labute approximate surface area is 182 Å². The van der Waals surface area contributed by atoms with Gasteiger partial charge in [-0.1, -0.05) is 18.2 Å². The standard InChI is InChI=1S/C24H29FN2O4/c25-21-7-2-1-5-19(21)16-26-11-9-18(10-12-26)15-27(17-20-6-3-13-30-20)24(29)23(28)22-8-4-14-31-22/h1-2,4-5,7-8,14,18,20H,3,6,9-13,15-17H2/t20-/m0/s1. The molecule has 2 aliphatic heterocycles. The van der Waals surface area contributed by atoms with E-state index in [0.717, 1.165) is 38.8 Å². The SMILES string of the molecule is O=C(C(=O)N(CC1CCN(Cc2ccccc2F)CC1)C[C@@H]1CCCO1)c1ccco1. The van der Waals surface area contributed by atoms with Crippen LogP contribution in [0.5, 0.6) is 0 Å². The molecule has 1 amide bonds. The van der Waals surface area contributed by atoms with Gasteiger partial charge in [-0.2, -0.15) is 0 Å². The molecular formula is C24H29FN2O4. The highest BCUT2D eigenvalue weighted by atomic mass is 19.1. The number of carbonyl (C=O) groups excluding carboxylic acids is 2. The number of hydrogen-bond acceptors (Lipinski definition) is 5. The molecule has 3 heterocycles. The quantitative estimate of drug-likeness (QED) is 0.476. The fourth-order valence-electron chi connectivity index (χ4n) is 4.44. The molecule has 1 atom stereocenters. The zero-order chi connectivity index (χ0) is 21.6. The molecule has 0 saturated carbocycles. The molecule has 0 unspecified atom stereocenters. The minimum Gasteiger partial charge on any atom is -0.461 e. The molecule has 4 rings (SSSR count). The molecular weight excluding hydrogens is 399 g/mol. The Morgan fingerprint density at radius 2 is 1.87 bits per heavy atom. The largest absolute Gasteiger partial charge is 0.461 e. The number of amides is 1. The van der Waals surface area contributed by atoms with E-state index in [1.165, 1.54) is 18.4 Å². The van der Waals surface area contributed by atoms with Crippen LogP contribution in [0.2, 0.25) is 0 Å². The first-order valence-electron chi connectivity index (χ1n) is 11.0. The molecule has 0 N–H and O–H groups in total. The summed E-state index contributed by atoms with van der Waals surface area (Å²) < 4.78 is 24.8. The number of halogens is 1. The van der Waals surface area contributed by atoms with Crippen LogP contribution >= 0.6 is 0 Å². The Bertz CT molecular complexity index is 871. The highest BCUT2D eigenvalue weighted by molar-refractivity contribution is 6.41. The molecule has 31 heavy (non-hydrogen) atoms. The van der Waals surface area contributed by atoms with Crippen molar-refractivity contribution >= 4 is 11.7 Å². The second kappa shape index (κ2) is 10.2. The maximum absolute atomic E-state index is 13.9. The lowest BCUT2D eigenvalue weighted by atomic mass is 9.95. The first-order valence-corrected chi connectivity index (χ1v) is 11.0. The van der Waals surface area contributed by atoms with Crippen molar-refractivity contribution in [2.75, 3.05) is 32.8 Å². The first-order chi connectivity index (χ1) is 15.1. The Morgan fingerprint density at radius 3 is 2.55 bits per heavy atom. The summed E-state index contributed by atoms with van der Waals surface area (Å²) in [5, 5.41) is 0. The maximum Gasteiger partial charge on any atom is 0.298 e. The Morgan fingerprint density at radius 1 is 1.06 bits per heavy atom. The number of furan rings is 1. The molecule has 2 fully saturated rings. The predicted octanol–water partition coefficient (Wildman–Crippen LogP) is 3.52. The average Bonchev–Trinajstić information content (AvgIpc) is 3.49. The zero-order valence-electron chi connectivity index (χ0n) is 17.7. The fourth-order valence-corrected chi connectivity index (χ4v) is 4.44. The predicted molar refractivity (Wildman–Crippen MR) is 113 cm³/mol. The van der Waals surface area contributed by atoms with Gasteiger partial charge < -0.3 is 14.1 Å². The van der Waals surface area contributed by atoms with E-state index in [2.05, 4.69) is 4.90 Å². The third-order valence-electron chi connectivity index (χ3n) is 6.21. The van der Waals surface area contributed by atoms with Crippen molar-refractivity contribution in [2.24, 2.45) is 5.92 Å². The molecule has 0 aliphatic carbocycles. The van der Waals surface area contributed by atoms with Crippen LogP contribution in [0.3, 0.4) is 0 Å². The van der Waals surface area contributed by atoms with Gasteiger partial charge in [0.05, 0.1) is 12.4 Å². The van der Waals surface area contributed by atoms with Gasteiger partial charge in [0.25, 0.3) is 11.7 Å². The Balaban J connectivity index is 1.35. The number of likely N-dealkylation sites (tertiary alicyclic amines) is 1. The van der Waals surface area contributed by atoms with Crippen LogP contribution in [0, 0.1) is 11.7 Å². The third-order valence-corrected chi connectivity index (χ3v) is 6.21. The van der Waals surface area contributed by atoms with Gasteiger partial charge in [0.15, 0.2) is 5.76 Å². The van der Waals surface area contributed by atoms with E-state index in [0.29, 0.717) is 37.7 Å². The third kappa shape index (κ3) is 5.60. The molecule has 166 valence electrons. The van der Waals surface area contributed by atoms with Crippen molar-refractivity contribution in [2.45, 2.75) is 38.3 Å². The van der Waals surface area contributed by atoms with Crippen molar-refractivity contribution < 1.29 is 23.1 Å². The molecule has 0 radical (unpaired) electrons. The summed E-state index contributed by atoms with van der Waals surface area (Å²) in [6, 6.07) is 10.0. The Kier molecular flexibility index (Phi) is 7.14. The van der Waals surface area contributed by atoms with Gasteiger partial charge in [0.1, 0.15) is 5.82 Å². The van der Waals surface area contributed by atoms with E-state index in [1.54, 1.807) is 17.0 Å². The summed E-state index contributed by atoms with van der Waals surface area (Å²) in [6.07, 6.45) is 5.07. The topological polar surface area (TPSA) is 63.0 Å². The summed E-state index contributed by atoms with van der Waals surface area (Å²) in [7, 11) is 0. The van der Waals surface area contributed by atoms with E-state index in [9.17, 15) is 14.0 Å². The van der Waals surface area contributed by atoms with Crippen LogP contribution in [0.25, 0.3) is 0 Å². The van der Waals surface area contributed by atoms with Gasteiger partial charge in [-0.3, -0.25) is 14.5 Å². The number of nitrogens with zero attached hydrogens (tertiary/aromatic N) is 2. The van der Waals surface area contributed by atoms with Gasteiger partial charge in [-0.25, -0.2) is 4.39 Å². The smallest absolute Gasteiger partial charge is 0.298 e. The molecule has 0 bridgehead atoms. The molecule has 7 heteroatoms. The lowest BCUT2D eigenvalue weighted by Crippen LogP contribution is -2.46. The Hall–Kier alpha value is -2.51. The summed E-state index contributed by atoms with van der Waals surface area (Å²) in [4.78, 5) is 29.4. The highest BCUT2D eigenvalue weighted by Gasteiger charge is 2.31. The van der Waals surface area contributed by atoms with Crippen LogP contribution in [0.1, 0.15) is 41.8 Å². The molecule has 1 aromatic heterocycles. The first kappa shape index (κ1) is 21.7. The minimum absolute atomic E-state index is 0.0190. The lowest BCUT2D eigenvalue weighted by molar-refractivity contribution is -0.129. The molecule has 2 aliphatic rings. The summed E-state index contributed by atoms with van der Waals surface area (Å²) in [5.74, 6) is -0.942. The van der Waals surface area contributed by atoms with E-state index in [-0.39, 0.29) is 17.7 Å². The molecule has 6 nitrogen and oxygen atoms in total. The highest BCUT2D eigenvalue weighted by Crippen LogP contribution is 2.23. The molecule has 0 spiro atoms. The minimum atomic E-state index is -0.611. The molecule has 2 aromatic rings. The maximum atomic E-state index is 13.9. The lowest BCUT2D eigenvalue weighted by Gasteiger charge is -2.35. The van der Waals surface area contributed by atoms with Crippen LogP contribution in [-0.4, -0.2) is 60.4 Å². The number of ketones is 1. The van der Waals surface area contributed by atoms with Gasteiger partial charge in [-0.15, -0.1) is 0 Å². The van der Waals surface area contributed by atoms with Crippen molar-refractivity contribution in [3.63, 3.8) is 0 Å². The second-order valence-electron chi connectivity index (χ2n) is 8.46. The van der Waals surface area contributed by atoms with Crippen molar-refractivity contribution in [1.29, 1.82) is 0 Å². The summed E-state index contributed by atoms with van der Waals surface area (Å²) in [5.41, 5.74) is 0.709. The van der Waals surface area contributed by atoms with Crippen LogP contribution in [0.4, 0.5) is 4.39 Å². The number of ether oxygens (including phenoxy) is 1. The van der Waals surface area contributed by atoms with Gasteiger partial charge in [-0.05, 0) is 62.9 Å². The molecule has 1 aromatic carbocycles. The number of hydrogen-bond donors (Lipinski definition) is 0. The van der Waals surface area contributed by atoms with Crippen LogP contribution in [0.15, 0.2) is 47.1 Å². The summed E-state index contributed by atoms with van der Waals surface area (Å²) in [6.45, 7) is 3.93. The normalized spacial score (nSPS) is 20.1. The van der Waals surface area contributed by atoms with Crippen LogP contribution < -0.4 is 0 Å². The monoisotopic (exact) mass is 428 g/mol. The molecule has 2 saturated heterocycles. The van der Waals surface area contributed by atoms with E-state index in [1.807, 2.05) is 12.1 Å².